The fourth-order valence-electron chi connectivity index (χ4n) is 1.66. The van der Waals surface area contributed by atoms with Gasteiger partial charge in [0.25, 0.3) is 0 Å². The van der Waals surface area contributed by atoms with Crippen molar-refractivity contribution < 1.29 is 23.5 Å². The molecule has 0 bridgehead atoms. The Morgan fingerprint density at radius 2 is 1.68 bits per heavy atom. The first kappa shape index (κ1) is 15.1. The fraction of sp³-hybridized carbons (Fsp3) is 0.429. The van der Waals surface area contributed by atoms with Gasteiger partial charge in [-0.05, 0) is 31.5 Å². The number of ether oxygens (including phenoxy) is 2. The topological polar surface area (TPSA) is 52.6 Å². The summed E-state index contributed by atoms with van der Waals surface area (Å²) >= 11 is 0. The van der Waals surface area contributed by atoms with Gasteiger partial charge in [-0.15, -0.1) is 0 Å². The van der Waals surface area contributed by atoms with Crippen molar-refractivity contribution in [2.24, 2.45) is 0 Å². The van der Waals surface area contributed by atoms with Crippen LogP contribution in [0, 0.1) is 5.82 Å². The quantitative estimate of drug-likeness (QED) is 0.743. The van der Waals surface area contributed by atoms with Gasteiger partial charge in [-0.2, -0.15) is 0 Å². The van der Waals surface area contributed by atoms with Gasteiger partial charge in [0.2, 0.25) is 0 Å². The Morgan fingerprint density at radius 3 is 2.21 bits per heavy atom. The summed E-state index contributed by atoms with van der Waals surface area (Å²) in [6.07, 6.45) is -0.113. The molecule has 4 nitrogen and oxygen atoms in total. The molecule has 0 heterocycles. The van der Waals surface area contributed by atoms with Gasteiger partial charge in [0.05, 0.1) is 25.6 Å². The van der Waals surface area contributed by atoms with Gasteiger partial charge in [0.15, 0.2) is 0 Å². The summed E-state index contributed by atoms with van der Waals surface area (Å²) in [5.74, 6) is -2.16. The molecular formula is C14H17FO4. The van der Waals surface area contributed by atoms with E-state index in [-0.39, 0.29) is 19.6 Å². The van der Waals surface area contributed by atoms with Crippen LogP contribution in [0.4, 0.5) is 4.39 Å². The SMILES string of the molecule is CCOC(=O)C[C@H](C(=O)OCC)c1ccc(F)cc1. The molecule has 0 aromatic heterocycles. The van der Waals surface area contributed by atoms with E-state index in [4.69, 9.17) is 9.47 Å². The molecule has 0 unspecified atom stereocenters. The number of carbonyl (C=O) groups is 2. The van der Waals surface area contributed by atoms with E-state index in [2.05, 4.69) is 0 Å². The van der Waals surface area contributed by atoms with E-state index >= 15 is 0 Å². The molecular weight excluding hydrogens is 251 g/mol. The Morgan fingerprint density at radius 1 is 1.11 bits per heavy atom. The largest absolute Gasteiger partial charge is 0.466 e. The first-order valence-corrected chi connectivity index (χ1v) is 6.16. The van der Waals surface area contributed by atoms with Gasteiger partial charge >= 0.3 is 11.9 Å². The van der Waals surface area contributed by atoms with Crippen molar-refractivity contribution in [3.63, 3.8) is 0 Å². The lowest BCUT2D eigenvalue weighted by Crippen LogP contribution is -2.20. The highest BCUT2D eigenvalue weighted by molar-refractivity contribution is 5.84. The number of halogens is 1. The molecule has 0 amide bonds. The third-order valence-corrected chi connectivity index (χ3v) is 2.52. The molecule has 1 atom stereocenters. The van der Waals surface area contributed by atoms with E-state index < -0.39 is 23.7 Å². The third-order valence-electron chi connectivity index (χ3n) is 2.52. The van der Waals surface area contributed by atoms with Crippen LogP contribution in [0.5, 0.6) is 0 Å². The lowest BCUT2D eigenvalue weighted by Gasteiger charge is -2.15. The van der Waals surface area contributed by atoms with Crippen molar-refractivity contribution in [2.45, 2.75) is 26.2 Å². The number of rotatable bonds is 6. The van der Waals surface area contributed by atoms with Crippen molar-refractivity contribution in [1.29, 1.82) is 0 Å². The van der Waals surface area contributed by atoms with Crippen molar-refractivity contribution in [3.8, 4) is 0 Å². The number of esters is 2. The standard InChI is InChI=1S/C14H17FO4/c1-3-18-13(16)9-12(14(17)19-4-2)10-5-7-11(15)8-6-10/h5-8,12H,3-4,9H2,1-2H3/t12-/m0/s1. The molecule has 0 aliphatic rings. The van der Waals surface area contributed by atoms with Crippen molar-refractivity contribution in [3.05, 3.63) is 35.6 Å². The van der Waals surface area contributed by atoms with Gasteiger partial charge in [0, 0.05) is 0 Å². The maximum atomic E-state index is 12.9. The van der Waals surface area contributed by atoms with Crippen molar-refractivity contribution in [2.75, 3.05) is 13.2 Å². The molecule has 1 aromatic carbocycles. The summed E-state index contributed by atoms with van der Waals surface area (Å²) in [4.78, 5) is 23.3. The molecule has 0 saturated carbocycles. The molecule has 0 radical (unpaired) electrons. The highest BCUT2D eigenvalue weighted by Crippen LogP contribution is 2.22. The molecule has 0 aliphatic heterocycles. The maximum Gasteiger partial charge on any atom is 0.313 e. The lowest BCUT2D eigenvalue weighted by atomic mass is 9.96. The minimum absolute atomic E-state index is 0.113. The highest BCUT2D eigenvalue weighted by Gasteiger charge is 2.25. The molecule has 0 fully saturated rings. The summed E-state index contributed by atoms with van der Waals surface area (Å²) in [6, 6.07) is 5.42. The van der Waals surface area contributed by atoms with Crippen LogP contribution in [0.3, 0.4) is 0 Å². The Kier molecular flexibility index (Phi) is 5.99. The Hall–Kier alpha value is -1.91. The molecule has 5 heteroatoms. The molecule has 1 rings (SSSR count). The van der Waals surface area contributed by atoms with Crippen LogP contribution in [0.1, 0.15) is 31.7 Å². The first-order valence-electron chi connectivity index (χ1n) is 6.16. The monoisotopic (exact) mass is 268 g/mol. The van der Waals surface area contributed by atoms with Gasteiger partial charge in [0.1, 0.15) is 5.82 Å². The van der Waals surface area contributed by atoms with E-state index in [0.29, 0.717) is 5.56 Å². The summed E-state index contributed by atoms with van der Waals surface area (Å²) in [5.41, 5.74) is 0.535. The molecule has 0 spiro atoms. The van der Waals surface area contributed by atoms with Crippen LogP contribution in [0.15, 0.2) is 24.3 Å². The molecule has 0 N–H and O–H groups in total. The van der Waals surface area contributed by atoms with Crippen LogP contribution in [0.25, 0.3) is 0 Å². The second-order valence-corrected chi connectivity index (χ2v) is 3.87. The first-order chi connectivity index (χ1) is 9.08. The maximum absolute atomic E-state index is 12.9. The van der Waals surface area contributed by atoms with Gasteiger partial charge in [-0.3, -0.25) is 9.59 Å². The van der Waals surface area contributed by atoms with Crippen LogP contribution in [-0.4, -0.2) is 25.2 Å². The summed E-state index contributed by atoms with van der Waals surface area (Å²) in [6.45, 7) is 3.84. The molecule has 0 aliphatic carbocycles. The van der Waals surface area contributed by atoms with Crippen molar-refractivity contribution >= 4 is 11.9 Å². The normalized spacial score (nSPS) is 11.7. The fourth-order valence-corrected chi connectivity index (χ4v) is 1.66. The number of hydrogen-bond donors (Lipinski definition) is 0. The van der Waals surface area contributed by atoms with Gasteiger partial charge in [-0.25, -0.2) is 4.39 Å². The van der Waals surface area contributed by atoms with Gasteiger partial charge < -0.3 is 9.47 Å². The van der Waals surface area contributed by atoms with E-state index in [1.165, 1.54) is 24.3 Å². The number of benzene rings is 1. The van der Waals surface area contributed by atoms with E-state index in [1.54, 1.807) is 13.8 Å². The molecule has 1 aromatic rings. The zero-order valence-electron chi connectivity index (χ0n) is 11.0. The van der Waals surface area contributed by atoms with Crippen LogP contribution in [-0.2, 0) is 19.1 Å². The van der Waals surface area contributed by atoms with E-state index in [1.807, 2.05) is 0 Å². The minimum atomic E-state index is -0.764. The summed E-state index contributed by atoms with van der Waals surface area (Å²) in [5, 5.41) is 0. The summed E-state index contributed by atoms with van der Waals surface area (Å²) < 4.78 is 22.6. The zero-order valence-corrected chi connectivity index (χ0v) is 11.0. The third kappa shape index (κ3) is 4.69. The average molecular weight is 268 g/mol. The predicted molar refractivity (Wildman–Crippen MR) is 67.0 cm³/mol. The van der Waals surface area contributed by atoms with Crippen LogP contribution >= 0.6 is 0 Å². The van der Waals surface area contributed by atoms with Crippen LogP contribution in [0.2, 0.25) is 0 Å². The van der Waals surface area contributed by atoms with E-state index in [0.717, 1.165) is 0 Å². The second kappa shape index (κ2) is 7.51. The molecule has 104 valence electrons. The Bertz CT molecular complexity index is 428. The smallest absolute Gasteiger partial charge is 0.313 e. The van der Waals surface area contributed by atoms with Crippen molar-refractivity contribution in [1.82, 2.24) is 0 Å². The minimum Gasteiger partial charge on any atom is -0.466 e. The molecule has 0 saturated heterocycles. The molecule has 19 heavy (non-hydrogen) atoms. The summed E-state index contributed by atoms with van der Waals surface area (Å²) in [7, 11) is 0. The number of carbonyl (C=O) groups excluding carboxylic acids is 2. The van der Waals surface area contributed by atoms with E-state index in [9.17, 15) is 14.0 Å². The Labute approximate surface area is 111 Å². The zero-order chi connectivity index (χ0) is 14.3. The Balaban J connectivity index is 2.88. The average Bonchev–Trinajstić information content (AvgIpc) is 2.38. The van der Waals surface area contributed by atoms with Crippen LogP contribution < -0.4 is 0 Å². The second-order valence-electron chi connectivity index (χ2n) is 3.87. The lowest BCUT2D eigenvalue weighted by molar-refractivity contribution is -0.151. The highest BCUT2D eigenvalue weighted by atomic mass is 19.1. The van der Waals surface area contributed by atoms with Gasteiger partial charge in [-0.1, -0.05) is 12.1 Å². The predicted octanol–water partition coefficient (Wildman–Crippen LogP) is 2.43. The number of hydrogen-bond acceptors (Lipinski definition) is 4.